The Morgan fingerprint density at radius 3 is 2.80 bits per heavy atom. The van der Waals surface area contributed by atoms with E-state index < -0.39 is 0 Å². The zero-order valence-electron chi connectivity index (χ0n) is 8.61. The van der Waals surface area contributed by atoms with Gasteiger partial charge < -0.3 is 4.90 Å². The number of amides is 1. The molecule has 0 spiro atoms. The molecule has 1 fully saturated rings. The lowest BCUT2D eigenvalue weighted by atomic mass is 10.2. The maximum Gasteiger partial charge on any atom is 0.267 e. The third kappa shape index (κ3) is 2.06. The van der Waals surface area contributed by atoms with E-state index in [4.69, 9.17) is 0 Å². The third-order valence-electron chi connectivity index (χ3n) is 2.65. The van der Waals surface area contributed by atoms with Crippen molar-refractivity contribution in [1.29, 1.82) is 0 Å². The first kappa shape index (κ1) is 11.0. The lowest BCUT2D eigenvalue weighted by Gasteiger charge is -2.14. The smallest absolute Gasteiger partial charge is 0.267 e. The molecule has 1 saturated heterocycles. The fraction of sp³-hybridized carbons (Fsp3) is 0.667. The fourth-order valence-electron chi connectivity index (χ4n) is 1.66. The molecular formula is C9H12BrN3OS. The molecule has 1 aliphatic heterocycles. The molecule has 4 nitrogen and oxygen atoms in total. The molecule has 15 heavy (non-hydrogen) atoms. The Morgan fingerprint density at radius 1 is 1.60 bits per heavy atom. The topological polar surface area (TPSA) is 46.1 Å². The number of aryl methyl sites for hydroxylation is 1. The second-order valence-corrected chi connectivity index (χ2v) is 5.82. The molecule has 0 bridgehead atoms. The van der Waals surface area contributed by atoms with Crippen LogP contribution in [0.15, 0.2) is 0 Å². The lowest BCUT2D eigenvalue weighted by Crippen LogP contribution is -2.28. The summed E-state index contributed by atoms with van der Waals surface area (Å²) in [5, 5.41) is 3.86. The highest BCUT2D eigenvalue weighted by Crippen LogP contribution is 2.25. The Balaban J connectivity index is 2.13. The Bertz CT molecular complexity index is 371. The van der Waals surface area contributed by atoms with Crippen molar-refractivity contribution in [3.63, 3.8) is 0 Å². The van der Waals surface area contributed by atoms with E-state index in [-0.39, 0.29) is 5.91 Å². The third-order valence-corrected chi connectivity index (χ3v) is 4.66. The van der Waals surface area contributed by atoms with Crippen LogP contribution < -0.4 is 0 Å². The number of halogens is 1. The number of carbonyl (C=O) groups is 1. The minimum atomic E-state index is 0.0660. The van der Waals surface area contributed by atoms with Crippen molar-refractivity contribution < 1.29 is 4.79 Å². The summed E-state index contributed by atoms with van der Waals surface area (Å²) in [4.78, 5) is 15.0. The molecule has 0 aliphatic carbocycles. The Morgan fingerprint density at radius 2 is 2.33 bits per heavy atom. The predicted octanol–water partition coefficient (Wildman–Crippen LogP) is 1.70. The maximum atomic E-state index is 12.1. The van der Waals surface area contributed by atoms with Gasteiger partial charge in [-0.1, -0.05) is 27.3 Å². The SMILES string of the molecule is Cc1nnsc1C(=O)N1CC(C)C(Br)C1. The molecule has 0 saturated carbocycles. The van der Waals surface area contributed by atoms with Crippen molar-refractivity contribution in [2.24, 2.45) is 5.92 Å². The van der Waals surface area contributed by atoms with Crippen LogP contribution in [-0.2, 0) is 0 Å². The minimum Gasteiger partial charge on any atom is -0.336 e. The average Bonchev–Trinajstić information content (AvgIpc) is 2.74. The molecule has 2 heterocycles. The molecule has 1 aromatic heterocycles. The zero-order valence-corrected chi connectivity index (χ0v) is 11.0. The molecule has 1 amide bonds. The highest BCUT2D eigenvalue weighted by atomic mass is 79.9. The van der Waals surface area contributed by atoms with Gasteiger partial charge in [-0.2, -0.15) is 0 Å². The minimum absolute atomic E-state index is 0.0660. The molecular weight excluding hydrogens is 278 g/mol. The number of alkyl halides is 1. The summed E-state index contributed by atoms with van der Waals surface area (Å²) in [5.74, 6) is 0.575. The van der Waals surface area contributed by atoms with Crippen molar-refractivity contribution in [3.05, 3.63) is 10.6 Å². The van der Waals surface area contributed by atoms with Crippen molar-refractivity contribution in [3.8, 4) is 0 Å². The number of nitrogens with zero attached hydrogens (tertiary/aromatic N) is 3. The van der Waals surface area contributed by atoms with Crippen LogP contribution in [0.5, 0.6) is 0 Å². The molecule has 0 N–H and O–H groups in total. The summed E-state index contributed by atoms with van der Waals surface area (Å²) in [6.45, 7) is 5.55. The van der Waals surface area contributed by atoms with Gasteiger partial charge in [-0.25, -0.2) is 0 Å². The van der Waals surface area contributed by atoms with Crippen molar-refractivity contribution in [2.45, 2.75) is 18.7 Å². The van der Waals surface area contributed by atoms with E-state index in [1.54, 1.807) is 0 Å². The molecule has 2 rings (SSSR count). The molecule has 2 unspecified atom stereocenters. The van der Waals surface area contributed by atoms with Crippen LogP contribution in [0, 0.1) is 12.8 Å². The first-order valence-corrected chi connectivity index (χ1v) is 6.50. The first-order valence-electron chi connectivity index (χ1n) is 4.82. The molecule has 0 radical (unpaired) electrons. The van der Waals surface area contributed by atoms with E-state index in [2.05, 4.69) is 32.4 Å². The van der Waals surface area contributed by atoms with Crippen LogP contribution in [0.1, 0.15) is 22.3 Å². The second kappa shape index (κ2) is 4.17. The largest absolute Gasteiger partial charge is 0.336 e. The highest BCUT2D eigenvalue weighted by molar-refractivity contribution is 9.09. The second-order valence-electron chi connectivity index (χ2n) is 3.89. The molecule has 6 heteroatoms. The van der Waals surface area contributed by atoms with Crippen molar-refractivity contribution >= 4 is 33.4 Å². The van der Waals surface area contributed by atoms with Gasteiger partial charge in [0.2, 0.25) is 0 Å². The van der Waals surface area contributed by atoms with E-state index >= 15 is 0 Å². The van der Waals surface area contributed by atoms with Crippen LogP contribution >= 0.6 is 27.5 Å². The summed E-state index contributed by atoms with van der Waals surface area (Å²) in [6.07, 6.45) is 0. The summed E-state index contributed by atoms with van der Waals surface area (Å²) < 4.78 is 3.78. The van der Waals surface area contributed by atoms with Gasteiger partial charge in [-0.05, 0) is 24.4 Å². The molecule has 82 valence electrons. The molecule has 1 aromatic rings. The molecule has 1 aliphatic rings. The van der Waals surface area contributed by atoms with E-state index in [0.717, 1.165) is 18.8 Å². The summed E-state index contributed by atoms with van der Waals surface area (Å²) in [6, 6.07) is 0. The number of likely N-dealkylation sites (tertiary alicyclic amines) is 1. The normalized spacial score (nSPS) is 25.9. The molecule has 0 aromatic carbocycles. The summed E-state index contributed by atoms with van der Waals surface area (Å²) in [5.41, 5.74) is 0.732. The Hall–Kier alpha value is -0.490. The standard InChI is InChI=1S/C9H12BrN3OS/c1-5-3-13(4-7(5)10)9(14)8-6(2)11-12-15-8/h5,7H,3-4H2,1-2H3. The van der Waals surface area contributed by atoms with Gasteiger partial charge in [0.1, 0.15) is 4.88 Å². The first-order chi connectivity index (χ1) is 7.09. The number of hydrogen-bond acceptors (Lipinski definition) is 4. The molecule has 2 atom stereocenters. The quantitative estimate of drug-likeness (QED) is 0.740. The number of rotatable bonds is 1. The van der Waals surface area contributed by atoms with Crippen molar-refractivity contribution in [1.82, 2.24) is 14.5 Å². The van der Waals surface area contributed by atoms with E-state index in [9.17, 15) is 4.79 Å². The van der Waals surface area contributed by atoms with Gasteiger partial charge in [0, 0.05) is 17.9 Å². The van der Waals surface area contributed by atoms with Gasteiger partial charge in [-0.15, -0.1) is 5.10 Å². The zero-order chi connectivity index (χ0) is 11.0. The van der Waals surface area contributed by atoms with Crippen LogP contribution in [0.4, 0.5) is 0 Å². The highest BCUT2D eigenvalue weighted by Gasteiger charge is 2.32. The Kier molecular flexibility index (Phi) is 3.06. The van der Waals surface area contributed by atoms with Crippen LogP contribution in [0.2, 0.25) is 0 Å². The summed E-state index contributed by atoms with van der Waals surface area (Å²) in [7, 11) is 0. The van der Waals surface area contributed by atoms with E-state index in [1.165, 1.54) is 11.5 Å². The lowest BCUT2D eigenvalue weighted by molar-refractivity contribution is 0.0792. The van der Waals surface area contributed by atoms with Crippen LogP contribution in [-0.4, -0.2) is 38.3 Å². The number of carbonyl (C=O) groups excluding carboxylic acids is 1. The number of hydrogen-bond donors (Lipinski definition) is 0. The maximum absolute atomic E-state index is 12.1. The van der Waals surface area contributed by atoms with E-state index in [1.807, 2.05) is 11.8 Å². The monoisotopic (exact) mass is 289 g/mol. The van der Waals surface area contributed by atoms with Gasteiger partial charge in [-0.3, -0.25) is 4.79 Å². The average molecular weight is 290 g/mol. The fourth-order valence-corrected chi connectivity index (χ4v) is 2.81. The van der Waals surface area contributed by atoms with Gasteiger partial charge in [0.15, 0.2) is 0 Å². The van der Waals surface area contributed by atoms with Gasteiger partial charge in [0.25, 0.3) is 5.91 Å². The predicted molar refractivity (Wildman–Crippen MR) is 62.4 cm³/mol. The van der Waals surface area contributed by atoms with Crippen molar-refractivity contribution in [2.75, 3.05) is 13.1 Å². The van der Waals surface area contributed by atoms with Crippen LogP contribution in [0.25, 0.3) is 0 Å². The van der Waals surface area contributed by atoms with Gasteiger partial charge in [0.05, 0.1) is 5.69 Å². The Labute approximate surface area is 101 Å². The van der Waals surface area contributed by atoms with Crippen LogP contribution in [0.3, 0.4) is 0 Å². The van der Waals surface area contributed by atoms with Gasteiger partial charge >= 0.3 is 0 Å². The summed E-state index contributed by atoms with van der Waals surface area (Å²) >= 11 is 4.75. The van der Waals surface area contributed by atoms with E-state index in [0.29, 0.717) is 15.6 Å². The number of aromatic nitrogens is 2.